The first-order valence-electron chi connectivity index (χ1n) is 9.30. The summed E-state index contributed by atoms with van der Waals surface area (Å²) in [6.45, 7) is 9.21. The van der Waals surface area contributed by atoms with Crippen LogP contribution in [-0.2, 0) is 11.3 Å². The van der Waals surface area contributed by atoms with E-state index in [0.717, 1.165) is 38.4 Å². The van der Waals surface area contributed by atoms with Gasteiger partial charge in [0.25, 0.3) is 0 Å². The van der Waals surface area contributed by atoms with Gasteiger partial charge in [-0.1, -0.05) is 12.1 Å². The number of rotatable bonds is 7. The third-order valence-electron chi connectivity index (χ3n) is 4.79. The maximum atomic E-state index is 12.7. The molecule has 0 spiro atoms. The van der Waals surface area contributed by atoms with Gasteiger partial charge in [0, 0.05) is 37.6 Å². The van der Waals surface area contributed by atoms with Crippen LogP contribution in [0.4, 0.5) is 5.69 Å². The summed E-state index contributed by atoms with van der Waals surface area (Å²) in [4.78, 5) is 18.8. The van der Waals surface area contributed by atoms with Gasteiger partial charge in [0.15, 0.2) is 0 Å². The normalized spacial score (nSPS) is 16.9. The highest BCUT2D eigenvalue weighted by molar-refractivity contribution is 9.11. The van der Waals surface area contributed by atoms with E-state index in [1.54, 1.807) is 11.3 Å². The number of carbonyl (C=O) groups is 1. The molecule has 7 heteroatoms. The van der Waals surface area contributed by atoms with Crippen LogP contribution >= 0.6 is 27.3 Å². The molecule has 146 valence electrons. The zero-order valence-corrected chi connectivity index (χ0v) is 18.2. The average Bonchev–Trinajstić information content (AvgIpc) is 3.08. The molecule has 0 bridgehead atoms. The summed E-state index contributed by atoms with van der Waals surface area (Å²) in [5, 5.41) is 3.02. The summed E-state index contributed by atoms with van der Waals surface area (Å²) in [5.74, 6) is 0.727. The molecule has 2 aromatic rings. The van der Waals surface area contributed by atoms with Crippen LogP contribution in [0.1, 0.15) is 18.7 Å². The fraction of sp³-hybridized carbons (Fsp3) is 0.450. The Balaban J connectivity index is 1.51. The lowest BCUT2D eigenvalue weighted by Crippen LogP contribution is -2.52. The van der Waals surface area contributed by atoms with Crippen LogP contribution in [0.2, 0.25) is 0 Å². The van der Waals surface area contributed by atoms with Gasteiger partial charge < -0.3 is 10.1 Å². The zero-order valence-electron chi connectivity index (χ0n) is 15.8. The summed E-state index contributed by atoms with van der Waals surface area (Å²) in [6, 6.07) is 11.7. The minimum absolute atomic E-state index is 0.0118. The van der Waals surface area contributed by atoms with Crippen molar-refractivity contribution in [2.45, 2.75) is 26.4 Å². The first kappa shape index (κ1) is 20.3. The van der Waals surface area contributed by atoms with E-state index in [-0.39, 0.29) is 11.9 Å². The van der Waals surface area contributed by atoms with Crippen LogP contribution < -0.4 is 10.1 Å². The first-order valence-corrected chi connectivity index (χ1v) is 10.9. The fourth-order valence-electron chi connectivity index (χ4n) is 3.22. The second-order valence-corrected chi connectivity index (χ2v) is 9.16. The standard InChI is InChI=1S/C20H26BrN3O2S/c1-3-26-18-7-5-4-6-17(18)22-20(25)15(2)24-12-10-23(11-13-24)14-16-8-9-19(21)27-16/h4-9,15H,3,10-14H2,1-2H3,(H,22,25). The number of halogens is 1. The number of anilines is 1. The second-order valence-electron chi connectivity index (χ2n) is 6.61. The van der Waals surface area contributed by atoms with Crippen LogP contribution in [-0.4, -0.2) is 54.5 Å². The van der Waals surface area contributed by atoms with E-state index in [1.807, 2.05) is 38.1 Å². The Hall–Kier alpha value is -1.41. The molecule has 1 aromatic heterocycles. The second kappa shape index (κ2) is 9.68. The van der Waals surface area contributed by atoms with Gasteiger partial charge in [0.2, 0.25) is 5.91 Å². The minimum Gasteiger partial charge on any atom is -0.492 e. The van der Waals surface area contributed by atoms with Gasteiger partial charge in [-0.15, -0.1) is 11.3 Å². The van der Waals surface area contributed by atoms with Gasteiger partial charge in [0.1, 0.15) is 5.75 Å². The van der Waals surface area contributed by atoms with Crippen LogP contribution in [0.5, 0.6) is 5.75 Å². The summed E-state index contributed by atoms with van der Waals surface area (Å²) in [6.07, 6.45) is 0. The molecule has 3 rings (SSSR count). The van der Waals surface area contributed by atoms with Gasteiger partial charge in [-0.2, -0.15) is 0 Å². The maximum absolute atomic E-state index is 12.7. The summed E-state index contributed by atoms with van der Waals surface area (Å²) in [5.41, 5.74) is 0.734. The number of ether oxygens (including phenoxy) is 1. The van der Waals surface area contributed by atoms with Crippen molar-refractivity contribution in [3.8, 4) is 5.75 Å². The molecule has 2 heterocycles. The van der Waals surface area contributed by atoms with Crippen molar-refractivity contribution < 1.29 is 9.53 Å². The minimum atomic E-state index is -0.169. The number of nitrogens with zero attached hydrogens (tertiary/aromatic N) is 2. The molecule has 1 aliphatic heterocycles. The maximum Gasteiger partial charge on any atom is 0.241 e. The van der Waals surface area contributed by atoms with E-state index in [1.165, 1.54) is 8.66 Å². The Kier molecular flexibility index (Phi) is 7.29. The van der Waals surface area contributed by atoms with Gasteiger partial charge in [-0.05, 0) is 54.0 Å². The highest BCUT2D eigenvalue weighted by atomic mass is 79.9. The third-order valence-corrected chi connectivity index (χ3v) is 6.40. The molecule has 1 atom stereocenters. The number of hydrogen-bond acceptors (Lipinski definition) is 5. The molecular formula is C20H26BrN3O2S. The molecular weight excluding hydrogens is 426 g/mol. The van der Waals surface area contributed by atoms with E-state index in [2.05, 4.69) is 43.2 Å². The van der Waals surface area contributed by atoms with Gasteiger partial charge in [0.05, 0.1) is 22.1 Å². The number of benzene rings is 1. The largest absolute Gasteiger partial charge is 0.492 e. The predicted octanol–water partition coefficient (Wildman–Crippen LogP) is 4.05. The molecule has 1 aliphatic rings. The summed E-state index contributed by atoms with van der Waals surface area (Å²) in [7, 11) is 0. The van der Waals surface area contributed by atoms with Crippen molar-refractivity contribution in [2.75, 3.05) is 38.1 Å². The lowest BCUT2D eigenvalue weighted by Gasteiger charge is -2.37. The number of para-hydroxylation sites is 2. The average molecular weight is 452 g/mol. The van der Waals surface area contributed by atoms with E-state index >= 15 is 0 Å². The number of nitrogens with one attached hydrogen (secondary N) is 1. The van der Waals surface area contributed by atoms with Crippen molar-refractivity contribution >= 4 is 38.9 Å². The van der Waals surface area contributed by atoms with Crippen molar-refractivity contribution in [2.24, 2.45) is 0 Å². The van der Waals surface area contributed by atoms with E-state index in [0.29, 0.717) is 12.4 Å². The SMILES string of the molecule is CCOc1ccccc1NC(=O)C(C)N1CCN(Cc2ccc(Br)s2)CC1. The van der Waals surface area contributed by atoms with E-state index in [4.69, 9.17) is 4.74 Å². The topological polar surface area (TPSA) is 44.8 Å². The quantitative estimate of drug-likeness (QED) is 0.689. The van der Waals surface area contributed by atoms with Crippen molar-refractivity contribution in [3.05, 3.63) is 45.1 Å². The van der Waals surface area contributed by atoms with E-state index < -0.39 is 0 Å². The molecule has 1 fully saturated rings. The van der Waals surface area contributed by atoms with Crippen LogP contribution in [0.25, 0.3) is 0 Å². The van der Waals surface area contributed by atoms with Crippen molar-refractivity contribution in [3.63, 3.8) is 0 Å². The molecule has 5 nitrogen and oxygen atoms in total. The first-order chi connectivity index (χ1) is 13.1. The Morgan fingerprint density at radius 1 is 1.22 bits per heavy atom. The molecule has 0 aliphatic carbocycles. The zero-order chi connectivity index (χ0) is 19.2. The van der Waals surface area contributed by atoms with Crippen LogP contribution in [0.15, 0.2) is 40.2 Å². The number of thiophene rings is 1. The fourth-order valence-corrected chi connectivity index (χ4v) is 4.75. The molecule has 0 radical (unpaired) electrons. The van der Waals surface area contributed by atoms with Crippen molar-refractivity contribution in [1.82, 2.24) is 9.80 Å². The lowest BCUT2D eigenvalue weighted by molar-refractivity contribution is -0.121. The Morgan fingerprint density at radius 2 is 1.96 bits per heavy atom. The number of amides is 1. The summed E-state index contributed by atoms with van der Waals surface area (Å²) >= 11 is 5.31. The highest BCUT2D eigenvalue weighted by Crippen LogP contribution is 2.25. The lowest BCUT2D eigenvalue weighted by atomic mass is 10.2. The number of piperazine rings is 1. The highest BCUT2D eigenvalue weighted by Gasteiger charge is 2.26. The molecule has 1 saturated heterocycles. The van der Waals surface area contributed by atoms with E-state index in [9.17, 15) is 4.79 Å². The predicted molar refractivity (Wildman–Crippen MR) is 115 cm³/mol. The molecule has 27 heavy (non-hydrogen) atoms. The molecule has 1 aromatic carbocycles. The molecule has 1 N–H and O–H groups in total. The monoisotopic (exact) mass is 451 g/mol. The van der Waals surface area contributed by atoms with Crippen LogP contribution in [0, 0.1) is 0 Å². The number of hydrogen-bond donors (Lipinski definition) is 1. The van der Waals surface area contributed by atoms with Gasteiger partial charge >= 0.3 is 0 Å². The number of carbonyl (C=O) groups excluding carboxylic acids is 1. The Morgan fingerprint density at radius 3 is 2.63 bits per heavy atom. The molecule has 1 amide bonds. The smallest absolute Gasteiger partial charge is 0.241 e. The third kappa shape index (κ3) is 5.54. The van der Waals surface area contributed by atoms with Crippen molar-refractivity contribution in [1.29, 1.82) is 0 Å². The van der Waals surface area contributed by atoms with Crippen LogP contribution in [0.3, 0.4) is 0 Å². The Labute approximate surface area is 173 Å². The van der Waals surface area contributed by atoms with Gasteiger partial charge in [-0.3, -0.25) is 14.6 Å². The van der Waals surface area contributed by atoms with Gasteiger partial charge in [-0.25, -0.2) is 0 Å². The molecule has 1 unspecified atom stereocenters. The summed E-state index contributed by atoms with van der Waals surface area (Å²) < 4.78 is 6.77. The Bertz CT molecular complexity index is 759. The molecule has 0 saturated carbocycles.